The number of likely N-dealkylation sites (tertiary alicyclic amines) is 1. The van der Waals surface area contributed by atoms with Gasteiger partial charge in [0.2, 0.25) is 0 Å². The largest absolute Gasteiger partial charge is 0.484 e. The molecule has 3 rings (SSSR count). The van der Waals surface area contributed by atoms with Crippen LogP contribution in [0.25, 0.3) is 0 Å². The highest BCUT2D eigenvalue weighted by Crippen LogP contribution is 2.32. The standard InChI is InChI=1S/C23H30N4O2.HI/c1-17-15-27(12-11-21(17)19-8-4-3-5-9-19)23(25-2)26-14-18-7-6-10-20(13-18)29-16-22(24)28;/h3-10,13,17,21H,11-12,14-16H2,1-2H3,(H2,24,28)(H,25,26);1H. The van der Waals surface area contributed by atoms with Crippen LogP contribution in [0.1, 0.15) is 30.4 Å². The van der Waals surface area contributed by atoms with E-state index in [9.17, 15) is 4.79 Å². The SMILES string of the molecule is CN=C(NCc1cccc(OCC(N)=O)c1)N1CCC(c2ccccc2)C(C)C1.I. The van der Waals surface area contributed by atoms with E-state index in [0.717, 1.165) is 31.0 Å². The van der Waals surface area contributed by atoms with Gasteiger partial charge in [0.05, 0.1) is 0 Å². The van der Waals surface area contributed by atoms with Crippen LogP contribution in [0.4, 0.5) is 0 Å². The lowest BCUT2D eigenvalue weighted by molar-refractivity contribution is -0.119. The van der Waals surface area contributed by atoms with E-state index in [4.69, 9.17) is 10.5 Å². The van der Waals surface area contributed by atoms with Crippen molar-refractivity contribution in [1.29, 1.82) is 0 Å². The number of piperidine rings is 1. The van der Waals surface area contributed by atoms with Crippen molar-refractivity contribution in [2.24, 2.45) is 16.6 Å². The Hall–Kier alpha value is -2.29. The Kier molecular flexibility index (Phi) is 9.42. The van der Waals surface area contributed by atoms with Gasteiger partial charge in [0.1, 0.15) is 5.75 Å². The lowest BCUT2D eigenvalue weighted by Crippen LogP contribution is -2.47. The number of halogens is 1. The molecule has 1 amide bonds. The first kappa shape index (κ1) is 24.0. The molecule has 0 saturated carbocycles. The molecule has 2 unspecified atom stereocenters. The van der Waals surface area contributed by atoms with Gasteiger partial charge in [-0.15, -0.1) is 24.0 Å². The highest BCUT2D eigenvalue weighted by atomic mass is 127. The first-order chi connectivity index (χ1) is 14.1. The molecule has 3 N–H and O–H groups in total. The fourth-order valence-electron chi connectivity index (χ4n) is 3.95. The second-order valence-electron chi connectivity index (χ2n) is 7.53. The first-order valence-corrected chi connectivity index (χ1v) is 10.1. The third-order valence-corrected chi connectivity index (χ3v) is 5.37. The van der Waals surface area contributed by atoms with Crippen molar-refractivity contribution in [2.75, 3.05) is 26.7 Å². The summed E-state index contributed by atoms with van der Waals surface area (Å²) in [5.74, 6) is 2.20. The topological polar surface area (TPSA) is 80.0 Å². The smallest absolute Gasteiger partial charge is 0.255 e. The summed E-state index contributed by atoms with van der Waals surface area (Å²) in [7, 11) is 1.82. The van der Waals surface area contributed by atoms with Crippen molar-refractivity contribution < 1.29 is 9.53 Å². The molecule has 0 bridgehead atoms. The molecule has 0 radical (unpaired) electrons. The maximum absolute atomic E-state index is 10.9. The summed E-state index contributed by atoms with van der Waals surface area (Å²) in [6.07, 6.45) is 1.11. The van der Waals surface area contributed by atoms with Gasteiger partial charge >= 0.3 is 0 Å². The molecule has 2 aromatic rings. The molecule has 0 spiro atoms. The van der Waals surface area contributed by atoms with Crippen LogP contribution in [0.5, 0.6) is 5.75 Å². The van der Waals surface area contributed by atoms with Crippen molar-refractivity contribution in [3.8, 4) is 5.75 Å². The Morgan fingerprint density at radius 3 is 2.67 bits per heavy atom. The Morgan fingerprint density at radius 2 is 2.00 bits per heavy atom. The number of nitrogens with one attached hydrogen (secondary N) is 1. The minimum absolute atomic E-state index is 0. The maximum atomic E-state index is 10.9. The molecule has 30 heavy (non-hydrogen) atoms. The number of rotatable bonds is 6. The number of hydrogen-bond donors (Lipinski definition) is 2. The predicted octanol–water partition coefficient (Wildman–Crippen LogP) is 3.37. The third-order valence-electron chi connectivity index (χ3n) is 5.37. The second-order valence-corrected chi connectivity index (χ2v) is 7.53. The highest BCUT2D eigenvalue weighted by molar-refractivity contribution is 14.0. The number of hydrogen-bond acceptors (Lipinski definition) is 3. The van der Waals surface area contributed by atoms with Crippen LogP contribution in [-0.4, -0.2) is 43.5 Å². The summed E-state index contributed by atoms with van der Waals surface area (Å²) >= 11 is 0. The lowest BCUT2D eigenvalue weighted by Gasteiger charge is -2.39. The minimum atomic E-state index is -0.484. The minimum Gasteiger partial charge on any atom is -0.484 e. The molecule has 2 aromatic carbocycles. The molecule has 1 aliphatic rings. The number of benzene rings is 2. The van der Waals surface area contributed by atoms with E-state index < -0.39 is 5.91 Å². The predicted molar refractivity (Wildman–Crippen MR) is 131 cm³/mol. The first-order valence-electron chi connectivity index (χ1n) is 10.1. The molecule has 0 aromatic heterocycles. The normalized spacial score (nSPS) is 19.0. The zero-order valence-electron chi connectivity index (χ0n) is 17.6. The molecule has 1 saturated heterocycles. The summed E-state index contributed by atoms with van der Waals surface area (Å²) in [5.41, 5.74) is 7.62. The average molecular weight is 522 g/mol. The molecule has 1 aliphatic heterocycles. The van der Waals surface area contributed by atoms with Gasteiger partial charge < -0.3 is 20.7 Å². The number of primary amides is 1. The second kappa shape index (κ2) is 11.8. The number of ether oxygens (including phenoxy) is 1. The van der Waals surface area contributed by atoms with Gasteiger partial charge in [-0.25, -0.2) is 0 Å². The number of amides is 1. The number of carbonyl (C=O) groups excluding carboxylic acids is 1. The fraction of sp³-hybridized carbons (Fsp3) is 0.391. The lowest BCUT2D eigenvalue weighted by atomic mass is 9.82. The van der Waals surface area contributed by atoms with Gasteiger partial charge in [0.15, 0.2) is 12.6 Å². The van der Waals surface area contributed by atoms with E-state index in [1.165, 1.54) is 5.56 Å². The summed E-state index contributed by atoms with van der Waals surface area (Å²) in [6.45, 7) is 4.78. The Bertz CT molecular complexity index is 844. The van der Waals surface area contributed by atoms with E-state index >= 15 is 0 Å². The Labute approximate surface area is 195 Å². The Morgan fingerprint density at radius 1 is 1.23 bits per heavy atom. The van der Waals surface area contributed by atoms with Crippen molar-refractivity contribution >= 4 is 35.8 Å². The van der Waals surface area contributed by atoms with Gasteiger partial charge in [-0.05, 0) is 41.5 Å². The number of aliphatic imine (C=N–C) groups is 1. The molecule has 2 atom stereocenters. The molecular formula is C23H31IN4O2. The number of nitrogens with two attached hydrogens (primary N) is 1. The van der Waals surface area contributed by atoms with Gasteiger partial charge in [0.25, 0.3) is 5.91 Å². The van der Waals surface area contributed by atoms with Gasteiger partial charge in [0, 0.05) is 26.7 Å². The Balaban J connectivity index is 0.00000320. The van der Waals surface area contributed by atoms with Gasteiger partial charge in [-0.1, -0.05) is 49.4 Å². The van der Waals surface area contributed by atoms with Crippen molar-refractivity contribution in [3.05, 3.63) is 65.7 Å². The van der Waals surface area contributed by atoms with Crippen LogP contribution in [-0.2, 0) is 11.3 Å². The van der Waals surface area contributed by atoms with E-state index in [-0.39, 0.29) is 30.6 Å². The quantitative estimate of drug-likeness (QED) is 0.347. The van der Waals surface area contributed by atoms with E-state index in [1.54, 1.807) is 0 Å². The van der Waals surface area contributed by atoms with Crippen LogP contribution < -0.4 is 15.8 Å². The monoisotopic (exact) mass is 522 g/mol. The molecule has 7 heteroatoms. The highest BCUT2D eigenvalue weighted by Gasteiger charge is 2.28. The zero-order chi connectivity index (χ0) is 20.6. The maximum Gasteiger partial charge on any atom is 0.255 e. The molecular weight excluding hydrogens is 491 g/mol. The summed E-state index contributed by atoms with van der Waals surface area (Å²) in [5, 5.41) is 3.45. The number of carbonyl (C=O) groups is 1. The van der Waals surface area contributed by atoms with Crippen LogP contribution >= 0.6 is 24.0 Å². The van der Waals surface area contributed by atoms with E-state index in [2.05, 4.69) is 52.5 Å². The molecule has 162 valence electrons. The van der Waals surface area contributed by atoms with Gasteiger partial charge in [-0.3, -0.25) is 9.79 Å². The molecule has 6 nitrogen and oxygen atoms in total. The fourth-order valence-corrected chi connectivity index (χ4v) is 3.95. The van der Waals surface area contributed by atoms with E-state index in [1.807, 2.05) is 31.3 Å². The summed E-state index contributed by atoms with van der Waals surface area (Å²) in [6, 6.07) is 18.4. The number of nitrogens with zero attached hydrogens (tertiary/aromatic N) is 2. The number of guanidine groups is 1. The zero-order valence-corrected chi connectivity index (χ0v) is 19.9. The summed E-state index contributed by atoms with van der Waals surface area (Å²) in [4.78, 5) is 17.7. The van der Waals surface area contributed by atoms with Crippen LogP contribution in [0.2, 0.25) is 0 Å². The van der Waals surface area contributed by atoms with Crippen LogP contribution in [0.15, 0.2) is 59.6 Å². The van der Waals surface area contributed by atoms with Crippen LogP contribution in [0, 0.1) is 5.92 Å². The van der Waals surface area contributed by atoms with E-state index in [0.29, 0.717) is 24.1 Å². The third kappa shape index (κ3) is 6.62. The van der Waals surface area contributed by atoms with Crippen LogP contribution in [0.3, 0.4) is 0 Å². The van der Waals surface area contributed by atoms with Crippen molar-refractivity contribution in [3.63, 3.8) is 0 Å². The van der Waals surface area contributed by atoms with Crippen molar-refractivity contribution in [2.45, 2.75) is 25.8 Å². The average Bonchev–Trinajstić information content (AvgIpc) is 2.74. The van der Waals surface area contributed by atoms with Gasteiger partial charge in [-0.2, -0.15) is 0 Å². The molecule has 1 heterocycles. The molecule has 1 fully saturated rings. The molecule has 0 aliphatic carbocycles. The van der Waals surface area contributed by atoms with Crippen molar-refractivity contribution in [1.82, 2.24) is 10.2 Å². The summed E-state index contributed by atoms with van der Waals surface area (Å²) < 4.78 is 5.38.